The van der Waals surface area contributed by atoms with Crippen molar-refractivity contribution in [3.8, 4) is 11.5 Å². The van der Waals surface area contributed by atoms with Crippen LogP contribution in [-0.2, 0) is 19.6 Å². The number of ether oxygens (including phenoxy) is 2. The second-order valence-corrected chi connectivity index (χ2v) is 8.65. The molecule has 0 aliphatic carbocycles. The van der Waals surface area contributed by atoms with E-state index in [0.717, 1.165) is 5.56 Å². The van der Waals surface area contributed by atoms with Crippen molar-refractivity contribution in [2.24, 2.45) is 0 Å². The molecule has 0 aromatic heterocycles. The van der Waals surface area contributed by atoms with Crippen LogP contribution >= 0.6 is 11.6 Å². The molecule has 0 fully saturated rings. The lowest BCUT2D eigenvalue weighted by Gasteiger charge is -2.11. The smallest absolute Gasteiger partial charge is 0.243 e. The van der Waals surface area contributed by atoms with Gasteiger partial charge in [-0.1, -0.05) is 17.7 Å². The van der Waals surface area contributed by atoms with Crippen LogP contribution in [0, 0.1) is 6.92 Å². The fourth-order valence-electron chi connectivity index (χ4n) is 2.55. The molecule has 2 amide bonds. The van der Waals surface area contributed by atoms with Crippen molar-refractivity contribution in [3.05, 3.63) is 47.0 Å². The predicted octanol–water partition coefficient (Wildman–Crippen LogP) is 2.09. The van der Waals surface area contributed by atoms with Gasteiger partial charge in [-0.05, 0) is 36.8 Å². The number of methoxy groups -OCH3 is 2. The Morgan fingerprint density at radius 3 is 2.35 bits per heavy atom. The van der Waals surface area contributed by atoms with E-state index in [4.69, 9.17) is 21.1 Å². The number of carbonyl (C=O) groups is 2. The van der Waals surface area contributed by atoms with Crippen LogP contribution in [-0.4, -0.2) is 47.5 Å². The molecule has 0 saturated carbocycles. The van der Waals surface area contributed by atoms with Crippen LogP contribution in [0.3, 0.4) is 0 Å². The molecule has 0 aliphatic heterocycles. The van der Waals surface area contributed by atoms with Gasteiger partial charge in [0, 0.05) is 19.0 Å². The van der Waals surface area contributed by atoms with Crippen LogP contribution in [0.2, 0.25) is 5.02 Å². The summed E-state index contributed by atoms with van der Waals surface area (Å²) in [4.78, 5) is 23.9. The zero-order chi connectivity index (χ0) is 23.0. The average molecular weight is 470 g/mol. The number of rotatable bonds is 10. The highest BCUT2D eigenvalue weighted by Gasteiger charge is 2.17. The summed E-state index contributed by atoms with van der Waals surface area (Å²) in [6, 6.07) is 9.33. The molecule has 31 heavy (non-hydrogen) atoms. The molecule has 0 unspecified atom stereocenters. The molecule has 0 atom stereocenters. The second kappa shape index (κ2) is 11.0. The van der Waals surface area contributed by atoms with Gasteiger partial charge in [-0.2, -0.15) is 0 Å². The van der Waals surface area contributed by atoms with Gasteiger partial charge < -0.3 is 20.1 Å². The lowest BCUT2D eigenvalue weighted by molar-refractivity contribution is -0.124. The Hall–Kier alpha value is -2.82. The first-order chi connectivity index (χ1) is 14.7. The van der Waals surface area contributed by atoms with Gasteiger partial charge in [0.1, 0.15) is 0 Å². The highest BCUT2D eigenvalue weighted by atomic mass is 35.5. The topological polar surface area (TPSA) is 123 Å². The summed E-state index contributed by atoms with van der Waals surface area (Å²) in [6.07, 6.45) is -0.148. The van der Waals surface area contributed by atoms with E-state index >= 15 is 0 Å². The Balaban J connectivity index is 1.81. The summed E-state index contributed by atoms with van der Waals surface area (Å²) in [6.45, 7) is 1.45. The van der Waals surface area contributed by atoms with Crippen molar-refractivity contribution in [2.45, 2.75) is 18.2 Å². The molecule has 0 spiro atoms. The van der Waals surface area contributed by atoms with Gasteiger partial charge in [0.25, 0.3) is 0 Å². The first-order valence-corrected chi connectivity index (χ1v) is 11.1. The minimum Gasteiger partial charge on any atom is -0.493 e. The molecule has 168 valence electrons. The number of benzene rings is 2. The van der Waals surface area contributed by atoms with E-state index in [1.54, 1.807) is 18.2 Å². The van der Waals surface area contributed by atoms with Crippen molar-refractivity contribution in [3.63, 3.8) is 0 Å². The van der Waals surface area contributed by atoms with Gasteiger partial charge >= 0.3 is 0 Å². The van der Waals surface area contributed by atoms with E-state index < -0.39 is 21.8 Å². The zero-order valence-electron chi connectivity index (χ0n) is 17.3. The standard InChI is InChI=1S/C20H24ClN3O6S/c1-13-4-6-16(15(21)10-13)24-20(26)12-22-19(25)8-9-23-31(27,28)14-5-7-17(29-2)18(11-14)30-3/h4-7,10-11,23H,8-9,12H2,1-3H3,(H,22,25)(H,24,26). The molecule has 0 radical (unpaired) electrons. The summed E-state index contributed by atoms with van der Waals surface area (Å²) in [5.74, 6) is -0.279. The summed E-state index contributed by atoms with van der Waals surface area (Å²) >= 11 is 6.05. The molecular weight excluding hydrogens is 446 g/mol. The van der Waals surface area contributed by atoms with E-state index in [-0.39, 0.29) is 30.2 Å². The van der Waals surface area contributed by atoms with Crippen molar-refractivity contribution in [1.29, 1.82) is 0 Å². The number of nitrogens with one attached hydrogen (secondary N) is 3. The van der Waals surface area contributed by atoms with Crippen LogP contribution in [0.25, 0.3) is 0 Å². The Morgan fingerprint density at radius 2 is 1.71 bits per heavy atom. The van der Waals surface area contributed by atoms with E-state index in [2.05, 4.69) is 15.4 Å². The summed E-state index contributed by atoms with van der Waals surface area (Å²) in [5, 5.41) is 5.42. The SMILES string of the molecule is COc1ccc(S(=O)(=O)NCCC(=O)NCC(=O)Nc2ccc(C)cc2Cl)cc1OC. The fraction of sp³-hybridized carbons (Fsp3) is 0.300. The fourth-order valence-corrected chi connectivity index (χ4v) is 3.88. The van der Waals surface area contributed by atoms with E-state index in [9.17, 15) is 18.0 Å². The predicted molar refractivity (Wildman–Crippen MR) is 117 cm³/mol. The first kappa shape index (κ1) is 24.4. The minimum atomic E-state index is -3.85. The van der Waals surface area contributed by atoms with Crippen LogP contribution in [0.4, 0.5) is 5.69 Å². The highest BCUT2D eigenvalue weighted by Crippen LogP contribution is 2.29. The van der Waals surface area contributed by atoms with E-state index in [1.165, 1.54) is 32.4 Å². The minimum absolute atomic E-state index is 0.0279. The van der Waals surface area contributed by atoms with Gasteiger partial charge in [0.15, 0.2) is 11.5 Å². The van der Waals surface area contributed by atoms with Crippen LogP contribution in [0.5, 0.6) is 11.5 Å². The van der Waals surface area contributed by atoms with E-state index in [1.807, 2.05) is 6.92 Å². The lowest BCUT2D eigenvalue weighted by atomic mass is 10.2. The van der Waals surface area contributed by atoms with Gasteiger partial charge in [0.05, 0.1) is 36.4 Å². The molecule has 0 saturated heterocycles. The molecule has 2 aromatic carbocycles. The van der Waals surface area contributed by atoms with Crippen LogP contribution in [0.15, 0.2) is 41.3 Å². The summed E-state index contributed by atoms with van der Waals surface area (Å²) < 4.78 is 37.3. The number of anilines is 1. The van der Waals surface area contributed by atoms with Crippen LogP contribution < -0.4 is 24.8 Å². The largest absolute Gasteiger partial charge is 0.493 e. The Bertz CT molecular complexity index is 1060. The molecular formula is C20H24ClN3O6S. The van der Waals surface area contributed by atoms with Crippen molar-refractivity contribution in [2.75, 3.05) is 32.6 Å². The number of halogens is 1. The van der Waals surface area contributed by atoms with Gasteiger partial charge in [-0.3, -0.25) is 9.59 Å². The number of aryl methyl sites for hydroxylation is 1. The number of hydrogen-bond donors (Lipinski definition) is 3. The third-order valence-electron chi connectivity index (χ3n) is 4.15. The maximum absolute atomic E-state index is 12.4. The lowest BCUT2D eigenvalue weighted by Crippen LogP contribution is -2.35. The third-order valence-corrected chi connectivity index (χ3v) is 5.93. The number of amides is 2. The van der Waals surface area contributed by atoms with Gasteiger partial charge in [-0.25, -0.2) is 13.1 Å². The second-order valence-electron chi connectivity index (χ2n) is 6.47. The Kier molecular flexibility index (Phi) is 8.66. The quantitative estimate of drug-likeness (QED) is 0.489. The monoisotopic (exact) mass is 469 g/mol. The summed E-state index contributed by atoms with van der Waals surface area (Å²) in [5.41, 5.74) is 1.39. The molecule has 9 nitrogen and oxygen atoms in total. The first-order valence-electron chi connectivity index (χ1n) is 9.20. The van der Waals surface area contributed by atoms with Crippen LogP contribution in [0.1, 0.15) is 12.0 Å². The summed E-state index contributed by atoms with van der Waals surface area (Å²) in [7, 11) is -1.01. The molecule has 0 heterocycles. The molecule has 0 aliphatic rings. The molecule has 2 aromatic rings. The van der Waals surface area contributed by atoms with Gasteiger partial charge in [0.2, 0.25) is 21.8 Å². The average Bonchev–Trinajstić information content (AvgIpc) is 2.73. The number of hydrogen-bond acceptors (Lipinski definition) is 6. The maximum atomic E-state index is 12.4. The van der Waals surface area contributed by atoms with Crippen molar-refractivity contribution in [1.82, 2.24) is 10.0 Å². The molecule has 0 bridgehead atoms. The molecule has 11 heteroatoms. The number of sulfonamides is 1. The van der Waals surface area contributed by atoms with E-state index in [0.29, 0.717) is 16.5 Å². The maximum Gasteiger partial charge on any atom is 0.243 e. The zero-order valence-corrected chi connectivity index (χ0v) is 18.9. The normalized spacial score (nSPS) is 11.0. The molecule has 3 N–H and O–H groups in total. The Morgan fingerprint density at radius 1 is 1.00 bits per heavy atom. The highest BCUT2D eigenvalue weighted by molar-refractivity contribution is 7.89. The van der Waals surface area contributed by atoms with Crippen molar-refractivity contribution < 1.29 is 27.5 Å². The van der Waals surface area contributed by atoms with Crippen molar-refractivity contribution >= 4 is 39.1 Å². The third kappa shape index (κ3) is 7.12. The number of carbonyl (C=O) groups excluding carboxylic acids is 2. The Labute approximate surface area is 186 Å². The molecule has 2 rings (SSSR count). The van der Waals surface area contributed by atoms with Gasteiger partial charge in [-0.15, -0.1) is 0 Å².